The van der Waals surface area contributed by atoms with Gasteiger partial charge in [0.1, 0.15) is 0 Å². The Kier molecular flexibility index (Phi) is 6.94. The zero-order valence-electron chi connectivity index (χ0n) is 32.2. The van der Waals surface area contributed by atoms with Gasteiger partial charge in [-0.25, -0.2) is 15.0 Å². The maximum Gasteiger partial charge on any atom is 0.164 e. The number of hydrogen-bond donors (Lipinski definition) is 0. The summed E-state index contributed by atoms with van der Waals surface area (Å²) in [6.45, 7) is 9.63. The van der Waals surface area contributed by atoms with Gasteiger partial charge in [-0.15, -0.1) is 0 Å². The Hall–Kier alpha value is -7.16. The second kappa shape index (κ2) is 11.9. The molecule has 2 aromatic heterocycles. The predicted molar refractivity (Wildman–Crippen MR) is 230 cm³/mol. The number of nitrogens with zero attached hydrogens (tertiary/aromatic N) is 5. The molecule has 270 valence electrons. The Bertz CT molecular complexity index is 3160. The summed E-state index contributed by atoms with van der Waals surface area (Å²) in [6.07, 6.45) is 0. The molecular weight excluding hydrogens is 695 g/mol. The lowest BCUT2D eigenvalue weighted by atomic mass is 9.75. The van der Waals surface area contributed by atoms with Crippen molar-refractivity contribution in [2.24, 2.45) is 0 Å². The number of nitriles is 1. The SMILES string of the molecule is CC1(C)c2ccccc2-c2c1c1c(c3c4ccccc4n(-c4ccc(-c5nc(-c6ccccc6)nc(-c6ccc(C#N)cc6)n5)cc4)c23)C(C)(C)c2ccccc2-1. The van der Waals surface area contributed by atoms with Crippen molar-refractivity contribution in [2.45, 2.75) is 38.5 Å². The van der Waals surface area contributed by atoms with Gasteiger partial charge in [-0.05, 0) is 93.5 Å². The summed E-state index contributed by atoms with van der Waals surface area (Å²) in [5.74, 6) is 1.75. The molecule has 2 aliphatic carbocycles. The van der Waals surface area contributed by atoms with E-state index < -0.39 is 0 Å². The van der Waals surface area contributed by atoms with Crippen molar-refractivity contribution in [1.82, 2.24) is 19.5 Å². The highest BCUT2D eigenvalue weighted by atomic mass is 15.0. The Balaban J connectivity index is 1.17. The van der Waals surface area contributed by atoms with E-state index in [0.717, 1.165) is 22.4 Å². The van der Waals surface area contributed by atoms with Gasteiger partial charge in [0, 0.05) is 49.5 Å². The van der Waals surface area contributed by atoms with Crippen LogP contribution in [0.3, 0.4) is 0 Å². The smallest absolute Gasteiger partial charge is 0.164 e. The average Bonchev–Trinajstić information content (AvgIpc) is 3.81. The Morgan fingerprint density at radius 1 is 0.491 bits per heavy atom. The molecule has 0 radical (unpaired) electrons. The first-order valence-corrected chi connectivity index (χ1v) is 19.5. The van der Waals surface area contributed by atoms with Crippen molar-refractivity contribution in [3.05, 3.63) is 179 Å². The van der Waals surface area contributed by atoms with Crippen molar-refractivity contribution in [2.75, 3.05) is 0 Å². The van der Waals surface area contributed by atoms with Crippen LogP contribution in [0.2, 0.25) is 0 Å². The van der Waals surface area contributed by atoms with Crippen LogP contribution in [0.4, 0.5) is 0 Å². The molecule has 0 atom stereocenters. The normalized spacial score (nSPS) is 14.2. The molecule has 0 fully saturated rings. The van der Waals surface area contributed by atoms with Gasteiger partial charge in [0.2, 0.25) is 0 Å². The maximum absolute atomic E-state index is 9.41. The predicted octanol–water partition coefficient (Wildman–Crippen LogP) is 12.5. The minimum absolute atomic E-state index is 0.204. The molecule has 5 heteroatoms. The average molecular weight is 732 g/mol. The molecule has 0 saturated heterocycles. The fourth-order valence-corrected chi connectivity index (χ4v) is 9.84. The monoisotopic (exact) mass is 731 g/mol. The third-order valence-electron chi connectivity index (χ3n) is 12.4. The summed E-state index contributed by atoms with van der Waals surface area (Å²) in [7, 11) is 0. The van der Waals surface area contributed by atoms with Crippen LogP contribution in [-0.2, 0) is 10.8 Å². The van der Waals surface area contributed by atoms with Crippen LogP contribution < -0.4 is 0 Å². The summed E-state index contributed by atoms with van der Waals surface area (Å²) in [6, 6.07) is 55.3. The standard InChI is InChI=1S/C52H37N5/c1-51(2)39-19-11-8-16-36(39)42-45-43(37-17-9-12-20-40(37)52(45,3)4)47-44(46(42)51)38-18-10-13-21-41(38)57(47)35-28-26-34(27-29-35)50-55-48(32-14-6-5-7-15-32)54-49(56-50)33-24-22-31(30-53)23-25-33/h5-29H,1-4H3. The zero-order valence-corrected chi connectivity index (χ0v) is 32.2. The molecule has 0 N–H and O–H groups in total. The molecule has 7 aromatic carbocycles. The highest BCUT2D eigenvalue weighted by Crippen LogP contribution is 2.63. The highest BCUT2D eigenvalue weighted by Gasteiger charge is 2.47. The van der Waals surface area contributed by atoms with Gasteiger partial charge in [-0.3, -0.25) is 0 Å². The number of rotatable bonds is 4. The van der Waals surface area contributed by atoms with Gasteiger partial charge in [-0.2, -0.15) is 5.26 Å². The number of para-hydroxylation sites is 1. The largest absolute Gasteiger partial charge is 0.309 e. The Morgan fingerprint density at radius 2 is 0.982 bits per heavy atom. The van der Waals surface area contributed by atoms with Crippen LogP contribution in [0.25, 0.3) is 83.9 Å². The third kappa shape index (κ3) is 4.65. The molecule has 0 aliphatic heterocycles. The lowest BCUT2D eigenvalue weighted by molar-refractivity contribution is 0.651. The molecule has 0 amide bonds. The van der Waals surface area contributed by atoms with Gasteiger partial charge in [0.15, 0.2) is 17.5 Å². The van der Waals surface area contributed by atoms with E-state index >= 15 is 0 Å². The molecule has 0 spiro atoms. The van der Waals surface area contributed by atoms with Crippen molar-refractivity contribution in [3.63, 3.8) is 0 Å². The van der Waals surface area contributed by atoms with Gasteiger partial charge < -0.3 is 4.57 Å². The van der Waals surface area contributed by atoms with Crippen molar-refractivity contribution in [3.8, 4) is 68.2 Å². The van der Waals surface area contributed by atoms with Crippen LogP contribution >= 0.6 is 0 Å². The van der Waals surface area contributed by atoms with E-state index in [1.807, 2.05) is 42.5 Å². The first-order valence-electron chi connectivity index (χ1n) is 19.5. The first kappa shape index (κ1) is 33.2. The maximum atomic E-state index is 9.41. The fraction of sp³-hybridized carbons (Fsp3) is 0.115. The third-order valence-corrected chi connectivity index (χ3v) is 12.4. The van der Waals surface area contributed by atoms with E-state index in [-0.39, 0.29) is 10.8 Å². The fourth-order valence-electron chi connectivity index (χ4n) is 9.84. The molecule has 9 aromatic rings. The summed E-state index contributed by atoms with van der Waals surface area (Å²) < 4.78 is 2.50. The lowest BCUT2D eigenvalue weighted by Crippen LogP contribution is -2.19. The molecule has 5 nitrogen and oxygen atoms in total. The highest BCUT2D eigenvalue weighted by molar-refractivity contribution is 6.21. The van der Waals surface area contributed by atoms with E-state index in [1.54, 1.807) is 12.1 Å². The molecule has 11 rings (SSSR count). The van der Waals surface area contributed by atoms with Crippen LogP contribution in [-0.4, -0.2) is 19.5 Å². The van der Waals surface area contributed by atoms with Gasteiger partial charge in [-0.1, -0.05) is 125 Å². The van der Waals surface area contributed by atoms with Gasteiger partial charge in [0.05, 0.1) is 22.7 Å². The van der Waals surface area contributed by atoms with E-state index in [4.69, 9.17) is 15.0 Å². The lowest BCUT2D eigenvalue weighted by Gasteiger charge is -2.27. The molecule has 2 aliphatic rings. The quantitative estimate of drug-likeness (QED) is 0.181. The second-order valence-electron chi connectivity index (χ2n) is 16.3. The van der Waals surface area contributed by atoms with Gasteiger partial charge >= 0.3 is 0 Å². The molecule has 57 heavy (non-hydrogen) atoms. The molecular formula is C52H37N5. The van der Waals surface area contributed by atoms with Crippen molar-refractivity contribution >= 4 is 21.8 Å². The molecule has 2 heterocycles. The molecule has 0 unspecified atom stereocenters. The summed E-state index contributed by atoms with van der Waals surface area (Å²) in [5, 5.41) is 12.0. The van der Waals surface area contributed by atoms with Crippen molar-refractivity contribution in [1.29, 1.82) is 5.26 Å². The van der Waals surface area contributed by atoms with E-state index in [0.29, 0.717) is 23.0 Å². The zero-order chi connectivity index (χ0) is 38.6. The minimum Gasteiger partial charge on any atom is -0.309 e. The topological polar surface area (TPSA) is 67.4 Å². The molecule has 0 bridgehead atoms. The molecule has 0 saturated carbocycles. The minimum atomic E-state index is -0.204. The van der Waals surface area contributed by atoms with Gasteiger partial charge in [0.25, 0.3) is 0 Å². The van der Waals surface area contributed by atoms with E-state index in [9.17, 15) is 5.26 Å². The van der Waals surface area contributed by atoms with Crippen molar-refractivity contribution < 1.29 is 0 Å². The summed E-state index contributed by atoms with van der Waals surface area (Å²) in [4.78, 5) is 14.9. The van der Waals surface area contributed by atoms with E-state index in [1.165, 1.54) is 66.3 Å². The van der Waals surface area contributed by atoms with Crippen LogP contribution in [0.5, 0.6) is 0 Å². The number of fused-ring (bicyclic) bond motifs is 12. The number of benzene rings is 7. The Morgan fingerprint density at radius 3 is 1.60 bits per heavy atom. The summed E-state index contributed by atoms with van der Waals surface area (Å²) in [5.41, 5.74) is 17.3. The number of hydrogen-bond acceptors (Lipinski definition) is 4. The number of aromatic nitrogens is 4. The van der Waals surface area contributed by atoms with Crippen LogP contribution in [0, 0.1) is 11.3 Å². The van der Waals surface area contributed by atoms with Crippen LogP contribution in [0.15, 0.2) is 152 Å². The Labute approximate surface area is 331 Å². The van der Waals surface area contributed by atoms with E-state index in [2.05, 4.69) is 135 Å². The first-order chi connectivity index (χ1) is 27.8. The van der Waals surface area contributed by atoms with Crippen LogP contribution in [0.1, 0.15) is 55.5 Å². The summed E-state index contributed by atoms with van der Waals surface area (Å²) >= 11 is 0. The second-order valence-corrected chi connectivity index (χ2v) is 16.3.